The second-order valence-electron chi connectivity index (χ2n) is 3.33. The van der Waals surface area contributed by atoms with Crippen molar-refractivity contribution < 1.29 is 9.53 Å². The fourth-order valence-corrected chi connectivity index (χ4v) is 2.11. The van der Waals surface area contributed by atoms with E-state index in [1.807, 2.05) is 31.2 Å². The third-order valence-corrected chi connectivity index (χ3v) is 2.65. The molecule has 0 aromatic heterocycles. The molecule has 1 atom stereocenters. The van der Waals surface area contributed by atoms with Crippen LogP contribution in [-0.2, 0) is 11.2 Å². The summed E-state index contributed by atoms with van der Waals surface area (Å²) >= 11 is 2.16. The standard InChI is InChI=1S/C10H9IO2/c1-10(11)6-7-4-2-3-5-8(7)9(12)13-10/h2-5H,6H2,1H3. The fourth-order valence-electron chi connectivity index (χ4n) is 1.50. The van der Waals surface area contributed by atoms with Crippen molar-refractivity contribution in [1.29, 1.82) is 0 Å². The fraction of sp³-hybridized carbons (Fsp3) is 0.300. The summed E-state index contributed by atoms with van der Waals surface area (Å²) in [6, 6.07) is 7.59. The molecule has 2 rings (SSSR count). The number of alkyl halides is 1. The number of carbonyl (C=O) groups is 1. The molecule has 3 heteroatoms. The molecule has 1 unspecified atom stereocenters. The van der Waals surface area contributed by atoms with Gasteiger partial charge in [0.25, 0.3) is 0 Å². The molecule has 0 fully saturated rings. The molecule has 0 aliphatic carbocycles. The first-order valence-electron chi connectivity index (χ1n) is 4.09. The Bertz CT molecular complexity index is 358. The second-order valence-corrected chi connectivity index (χ2v) is 5.61. The van der Waals surface area contributed by atoms with Crippen LogP contribution in [0.2, 0.25) is 0 Å². The zero-order valence-corrected chi connectivity index (χ0v) is 9.37. The lowest BCUT2D eigenvalue weighted by Crippen LogP contribution is -2.32. The second kappa shape index (κ2) is 2.97. The third-order valence-electron chi connectivity index (χ3n) is 2.05. The van der Waals surface area contributed by atoms with E-state index in [0.29, 0.717) is 5.56 Å². The number of benzene rings is 1. The molecule has 1 aliphatic heterocycles. The Kier molecular flexibility index (Phi) is 2.06. The van der Waals surface area contributed by atoms with E-state index in [1.165, 1.54) is 0 Å². The van der Waals surface area contributed by atoms with Gasteiger partial charge in [-0.15, -0.1) is 0 Å². The van der Waals surface area contributed by atoms with Gasteiger partial charge in [-0.25, -0.2) is 4.79 Å². The maximum absolute atomic E-state index is 11.5. The Labute approximate surface area is 90.4 Å². The lowest BCUT2D eigenvalue weighted by Gasteiger charge is -2.29. The van der Waals surface area contributed by atoms with E-state index >= 15 is 0 Å². The van der Waals surface area contributed by atoms with E-state index in [4.69, 9.17) is 4.74 Å². The van der Waals surface area contributed by atoms with Crippen molar-refractivity contribution in [3.05, 3.63) is 35.4 Å². The number of ether oxygens (including phenoxy) is 1. The van der Waals surface area contributed by atoms with Gasteiger partial charge in [-0.2, -0.15) is 0 Å². The van der Waals surface area contributed by atoms with Gasteiger partial charge in [0.1, 0.15) is 0 Å². The number of cyclic esters (lactones) is 1. The minimum Gasteiger partial charge on any atom is -0.445 e. The van der Waals surface area contributed by atoms with E-state index in [2.05, 4.69) is 22.6 Å². The normalized spacial score (nSPS) is 26.5. The van der Waals surface area contributed by atoms with Crippen molar-refractivity contribution in [2.45, 2.75) is 17.0 Å². The number of fused-ring (bicyclic) bond motifs is 1. The third kappa shape index (κ3) is 1.70. The van der Waals surface area contributed by atoms with Crippen LogP contribution < -0.4 is 0 Å². The lowest BCUT2D eigenvalue weighted by atomic mass is 9.99. The van der Waals surface area contributed by atoms with E-state index in [1.54, 1.807) is 0 Å². The molecular weight excluding hydrogens is 279 g/mol. The number of esters is 1. The van der Waals surface area contributed by atoms with Crippen LogP contribution >= 0.6 is 22.6 Å². The van der Waals surface area contributed by atoms with Crippen molar-refractivity contribution in [3.8, 4) is 0 Å². The van der Waals surface area contributed by atoms with Crippen LogP contribution in [0.25, 0.3) is 0 Å². The number of hydrogen-bond acceptors (Lipinski definition) is 2. The highest BCUT2D eigenvalue weighted by molar-refractivity contribution is 14.1. The SMILES string of the molecule is CC1(I)Cc2ccccc2C(=O)O1. The Morgan fingerprint density at radius 2 is 2.15 bits per heavy atom. The highest BCUT2D eigenvalue weighted by Gasteiger charge is 2.33. The van der Waals surface area contributed by atoms with Crippen molar-refractivity contribution in [2.75, 3.05) is 0 Å². The molecule has 13 heavy (non-hydrogen) atoms. The molecule has 0 amide bonds. The van der Waals surface area contributed by atoms with Crippen LogP contribution in [0.5, 0.6) is 0 Å². The Morgan fingerprint density at radius 3 is 2.92 bits per heavy atom. The molecule has 1 aliphatic rings. The Hall–Kier alpha value is -0.580. The summed E-state index contributed by atoms with van der Waals surface area (Å²) in [6.45, 7) is 1.92. The molecule has 0 spiro atoms. The van der Waals surface area contributed by atoms with E-state index < -0.39 is 0 Å². The smallest absolute Gasteiger partial charge is 0.339 e. The van der Waals surface area contributed by atoms with Gasteiger partial charge in [0, 0.05) is 6.42 Å². The molecule has 0 saturated carbocycles. The first-order valence-corrected chi connectivity index (χ1v) is 5.16. The number of halogens is 1. The molecule has 2 nitrogen and oxygen atoms in total. The zero-order valence-electron chi connectivity index (χ0n) is 7.21. The molecule has 0 bridgehead atoms. The van der Waals surface area contributed by atoms with Crippen LogP contribution in [0.3, 0.4) is 0 Å². The zero-order chi connectivity index (χ0) is 9.47. The molecule has 1 aromatic rings. The van der Waals surface area contributed by atoms with E-state index in [0.717, 1.165) is 12.0 Å². The summed E-state index contributed by atoms with van der Waals surface area (Å²) in [4.78, 5) is 11.5. The van der Waals surface area contributed by atoms with Gasteiger partial charge in [0.05, 0.1) is 5.56 Å². The summed E-state index contributed by atoms with van der Waals surface area (Å²) in [7, 11) is 0. The number of carbonyl (C=O) groups excluding carboxylic acids is 1. The van der Waals surface area contributed by atoms with Crippen molar-refractivity contribution in [2.24, 2.45) is 0 Å². The van der Waals surface area contributed by atoms with Crippen molar-refractivity contribution in [3.63, 3.8) is 0 Å². The topological polar surface area (TPSA) is 26.3 Å². The highest BCUT2D eigenvalue weighted by Crippen LogP contribution is 2.32. The predicted octanol–water partition coefficient (Wildman–Crippen LogP) is 2.55. The summed E-state index contributed by atoms with van der Waals surface area (Å²) in [5, 5.41) is 0. The van der Waals surface area contributed by atoms with Crippen molar-refractivity contribution in [1.82, 2.24) is 0 Å². The minimum atomic E-state index is -0.386. The van der Waals surface area contributed by atoms with E-state index in [-0.39, 0.29) is 9.58 Å². The molecule has 0 radical (unpaired) electrons. The summed E-state index contributed by atoms with van der Waals surface area (Å²) in [5.41, 5.74) is 1.78. The van der Waals surface area contributed by atoms with Gasteiger partial charge in [0.2, 0.25) is 0 Å². The van der Waals surface area contributed by atoms with Crippen LogP contribution in [-0.4, -0.2) is 9.58 Å². The first-order chi connectivity index (χ1) is 6.08. The number of rotatable bonds is 0. The van der Waals surface area contributed by atoms with Crippen LogP contribution in [0.4, 0.5) is 0 Å². The quantitative estimate of drug-likeness (QED) is 0.416. The average molecular weight is 288 g/mol. The monoisotopic (exact) mass is 288 g/mol. The maximum Gasteiger partial charge on any atom is 0.339 e. The summed E-state index contributed by atoms with van der Waals surface area (Å²) in [6.07, 6.45) is 0.787. The maximum atomic E-state index is 11.5. The molecular formula is C10H9IO2. The molecule has 1 aromatic carbocycles. The number of hydrogen-bond donors (Lipinski definition) is 0. The van der Waals surface area contributed by atoms with Gasteiger partial charge in [0.15, 0.2) is 3.61 Å². The van der Waals surface area contributed by atoms with Gasteiger partial charge >= 0.3 is 5.97 Å². The van der Waals surface area contributed by atoms with Gasteiger partial charge in [-0.05, 0) is 41.1 Å². The molecule has 68 valence electrons. The van der Waals surface area contributed by atoms with Crippen molar-refractivity contribution >= 4 is 28.6 Å². The van der Waals surface area contributed by atoms with Gasteiger partial charge < -0.3 is 4.74 Å². The predicted molar refractivity (Wildman–Crippen MR) is 58.0 cm³/mol. The summed E-state index contributed by atoms with van der Waals surface area (Å²) < 4.78 is 4.86. The van der Waals surface area contributed by atoms with Crippen LogP contribution in [0.15, 0.2) is 24.3 Å². The van der Waals surface area contributed by atoms with Crippen LogP contribution in [0, 0.1) is 0 Å². The lowest BCUT2D eigenvalue weighted by molar-refractivity contribution is 0.0255. The Balaban J connectivity index is 2.49. The van der Waals surface area contributed by atoms with E-state index in [9.17, 15) is 4.79 Å². The van der Waals surface area contributed by atoms with Gasteiger partial charge in [-0.1, -0.05) is 18.2 Å². The summed E-state index contributed by atoms with van der Waals surface area (Å²) in [5.74, 6) is -0.209. The molecule has 1 heterocycles. The first kappa shape index (κ1) is 8.99. The molecule has 0 saturated heterocycles. The minimum absolute atomic E-state index is 0.209. The largest absolute Gasteiger partial charge is 0.445 e. The highest BCUT2D eigenvalue weighted by atomic mass is 127. The Morgan fingerprint density at radius 1 is 1.46 bits per heavy atom. The van der Waals surface area contributed by atoms with Gasteiger partial charge in [-0.3, -0.25) is 0 Å². The van der Waals surface area contributed by atoms with Crippen LogP contribution in [0.1, 0.15) is 22.8 Å². The average Bonchev–Trinajstić information content (AvgIpc) is 2.02. The molecule has 0 N–H and O–H groups in total.